The van der Waals surface area contributed by atoms with Gasteiger partial charge in [-0.15, -0.1) is 15.3 Å². The Balaban J connectivity index is -0.000000247. The SMILES string of the molecule is C.C.C.C.C.CC(C)(C)c1cc(C(C)(C)C)on1.CC(C)(C)c1cn(C(C)(C)C)nn1.CC(C)(C)c1cnn(C(C)(C)C)n1.CC(C)(C)c1nnn(C(C)(C)C)n1.CC(C)(C)c1noc(C(C)(C)C)n1. The van der Waals surface area contributed by atoms with Gasteiger partial charge in [0.1, 0.15) is 5.76 Å². The van der Waals surface area contributed by atoms with Crippen LogP contribution >= 0.6 is 0 Å². The van der Waals surface area contributed by atoms with E-state index in [0.717, 1.165) is 34.5 Å². The summed E-state index contributed by atoms with van der Waals surface area (Å²) in [6.07, 6.45) is 3.88. The molecule has 0 atom stereocenters. The van der Waals surface area contributed by atoms with Crippen LogP contribution in [0.15, 0.2) is 27.5 Å². The van der Waals surface area contributed by atoms with Crippen molar-refractivity contribution in [2.75, 3.05) is 0 Å². The summed E-state index contributed by atoms with van der Waals surface area (Å²) in [5.41, 5.74) is 3.21. The van der Waals surface area contributed by atoms with Gasteiger partial charge in [0.15, 0.2) is 11.6 Å². The van der Waals surface area contributed by atoms with Gasteiger partial charge in [-0.05, 0) is 67.5 Å². The van der Waals surface area contributed by atoms with Gasteiger partial charge in [-0.3, -0.25) is 0 Å². The van der Waals surface area contributed by atoms with Gasteiger partial charge in [-0.1, -0.05) is 198 Å². The molecule has 0 bridgehead atoms. The molecule has 0 fully saturated rings. The molecule has 0 saturated heterocycles. The Morgan fingerprint density at radius 2 is 0.829 bits per heavy atom. The average Bonchev–Trinajstić information content (AvgIpc) is 3.92. The van der Waals surface area contributed by atoms with E-state index >= 15 is 0 Å². The highest BCUT2D eigenvalue weighted by Crippen LogP contribution is 2.29. The van der Waals surface area contributed by atoms with Crippen LogP contribution < -0.4 is 0 Å². The first-order valence-corrected chi connectivity index (χ1v) is 23.1. The van der Waals surface area contributed by atoms with Crippen LogP contribution in [0.3, 0.4) is 0 Å². The average molecular weight is 989 g/mol. The third-order valence-electron chi connectivity index (χ3n) is 9.25. The summed E-state index contributed by atoms with van der Waals surface area (Å²) in [5.74, 6) is 3.23. The van der Waals surface area contributed by atoms with E-state index in [9.17, 15) is 0 Å². The smallest absolute Gasteiger partial charge is 0.232 e. The van der Waals surface area contributed by atoms with Gasteiger partial charge in [0.05, 0.1) is 39.9 Å². The molecule has 0 aliphatic carbocycles. The third kappa shape index (κ3) is 24.7. The van der Waals surface area contributed by atoms with Crippen molar-refractivity contribution in [1.82, 2.24) is 65.5 Å². The molecule has 5 rings (SSSR count). The number of tetrazole rings is 1. The van der Waals surface area contributed by atoms with E-state index in [0.29, 0.717) is 5.89 Å². The van der Waals surface area contributed by atoms with Crippen LogP contribution in [0.5, 0.6) is 0 Å². The molecule has 15 heteroatoms. The molecule has 5 heterocycles. The van der Waals surface area contributed by atoms with Crippen LogP contribution in [0.4, 0.5) is 0 Å². The minimum atomic E-state index is -0.0868. The fraction of sp³-hybridized carbons (Fsp3) is 0.818. The van der Waals surface area contributed by atoms with Crippen LogP contribution in [0.25, 0.3) is 0 Å². The minimum absolute atomic E-state index is 0. The molecule has 0 aromatic carbocycles. The quantitative estimate of drug-likeness (QED) is 0.144. The van der Waals surface area contributed by atoms with Gasteiger partial charge >= 0.3 is 0 Å². The first-order chi connectivity index (χ1) is 28.6. The number of hydrogen-bond acceptors (Lipinski definition) is 12. The van der Waals surface area contributed by atoms with Gasteiger partial charge in [-0.2, -0.15) is 24.8 Å². The number of rotatable bonds is 0. The van der Waals surface area contributed by atoms with Crippen LogP contribution in [0.1, 0.15) is 285 Å². The normalized spacial score (nSPS) is 12.4. The molecule has 5 aromatic heterocycles. The molecular formula is C55H113N13O2. The summed E-state index contributed by atoms with van der Waals surface area (Å²) in [4.78, 5) is 7.81. The lowest BCUT2D eigenvalue weighted by molar-refractivity contribution is 0.303. The van der Waals surface area contributed by atoms with Gasteiger partial charge in [0.2, 0.25) is 5.89 Å². The summed E-state index contributed by atoms with van der Waals surface area (Å²) >= 11 is 0. The minimum Gasteiger partial charge on any atom is -0.361 e. The van der Waals surface area contributed by atoms with Crippen LogP contribution in [-0.4, -0.2) is 65.5 Å². The maximum absolute atomic E-state index is 5.31. The summed E-state index contributed by atoms with van der Waals surface area (Å²) in [6.45, 7) is 63.1. The van der Waals surface area contributed by atoms with E-state index in [1.807, 2.05) is 17.1 Å². The predicted octanol–water partition coefficient (Wildman–Crippen LogP) is 15.5. The fourth-order valence-electron chi connectivity index (χ4n) is 4.48. The Hall–Kier alpha value is -4.30. The van der Waals surface area contributed by atoms with E-state index in [1.54, 1.807) is 9.59 Å². The van der Waals surface area contributed by atoms with E-state index in [-0.39, 0.29) is 91.7 Å². The molecule has 0 amide bonds. The maximum atomic E-state index is 5.31. The number of nitrogens with zero attached hydrogens (tertiary/aromatic N) is 13. The molecule has 0 aliphatic heterocycles. The molecule has 410 valence electrons. The van der Waals surface area contributed by atoms with Gasteiger partial charge in [0, 0.05) is 50.2 Å². The van der Waals surface area contributed by atoms with Crippen molar-refractivity contribution in [3.8, 4) is 0 Å². The first kappa shape index (κ1) is 74.6. The second-order valence-electron chi connectivity index (χ2n) is 27.2. The highest BCUT2D eigenvalue weighted by Gasteiger charge is 2.28. The zero-order valence-corrected chi connectivity index (χ0v) is 46.9. The molecule has 0 saturated carbocycles. The highest BCUT2D eigenvalue weighted by atomic mass is 16.5. The lowest BCUT2D eigenvalue weighted by Crippen LogP contribution is -2.25. The maximum Gasteiger partial charge on any atom is 0.232 e. The fourth-order valence-corrected chi connectivity index (χ4v) is 4.48. The van der Waals surface area contributed by atoms with E-state index in [2.05, 4.69) is 265 Å². The van der Waals surface area contributed by atoms with E-state index in [4.69, 9.17) is 9.05 Å². The second kappa shape index (κ2) is 25.9. The van der Waals surface area contributed by atoms with Crippen molar-refractivity contribution in [2.24, 2.45) is 0 Å². The Labute approximate surface area is 431 Å². The monoisotopic (exact) mass is 988 g/mol. The standard InChI is InChI=1S/C11H19NO.2C10H19N3.C10H18N2O.C9H18N4.5CH4/c1-10(2,3)8-7-9(13-12-8)11(4,5)6;1-9(2,3)8-7-13(12-11-8)10(4,5)6;1-9(2,3)8-7-11-13(12-8)10(4,5)6;1-9(2,3)7-11-8(13-12-7)10(4,5)6;1-8(2,3)7-10-12-13(11-7)9(4,5)6;;;;;/h3*7H,1-6H3;2*1-6H3;5*1H4. The molecule has 0 aliphatic rings. The van der Waals surface area contributed by atoms with Crippen molar-refractivity contribution in [3.05, 3.63) is 58.8 Å². The lowest BCUT2D eigenvalue weighted by atomic mass is 9.88. The first-order valence-electron chi connectivity index (χ1n) is 23.1. The summed E-state index contributed by atoms with van der Waals surface area (Å²) in [7, 11) is 0. The van der Waals surface area contributed by atoms with Gasteiger partial charge in [-0.25, -0.2) is 4.68 Å². The topological polar surface area (TPSA) is 170 Å². The third-order valence-corrected chi connectivity index (χ3v) is 9.25. The van der Waals surface area contributed by atoms with E-state index in [1.165, 1.54) is 0 Å². The summed E-state index contributed by atoms with van der Waals surface area (Å²) < 4.78 is 12.4. The van der Waals surface area contributed by atoms with Crippen LogP contribution in [0.2, 0.25) is 0 Å². The molecule has 70 heavy (non-hydrogen) atoms. The van der Waals surface area contributed by atoms with Crippen LogP contribution in [-0.2, 0) is 54.5 Å². The van der Waals surface area contributed by atoms with E-state index < -0.39 is 0 Å². The number of aromatic nitrogens is 13. The Bertz CT molecular complexity index is 1660. The molecule has 0 radical (unpaired) electrons. The second-order valence-corrected chi connectivity index (χ2v) is 27.2. The number of hydrogen-bond donors (Lipinski definition) is 0. The Morgan fingerprint density at radius 1 is 0.386 bits per heavy atom. The molecular weight excluding hydrogens is 875 g/mol. The Morgan fingerprint density at radius 3 is 1.04 bits per heavy atom. The Kier molecular flexibility index (Phi) is 27.6. The van der Waals surface area contributed by atoms with Gasteiger partial charge in [0.25, 0.3) is 0 Å². The zero-order valence-electron chi connectivity index (χ0n) is 46.9. The summed E-state index contributed by atoms with van der Waals surface area (Å²) in [6, 6.07) is 2.06. The van der Waals surface area contributed by atoms with Crippen molar-refractivity contribution in [3.63, 3.8) is 0 Å². The van der Waals surface area contributed by atoms with Crippen LogP contribution in [0, 0.1) is 0 Å². The summed E-state index contributed by atoms with van der Waals surface area (Å²) in [5, 5.41) is 37.5. The van der Waals surface area contributed by atoms with Gasteiger partial charge < -0.3 is 9.05 Å². The van der Waals surface area contributed by atoms with Crippen molar-refractivity contribution >= 4 is 0 Å². The largest absolute Gasteiger partial charge is 0.361 e. The van der Waals surface area contributed by atoms with Crippen molar-refractivity contribution in [2.45, 2.75) is 299 Å². The molecule has 0 N–H and O–H groups in total. The predicted molar refractivity (Wildman–Crippen MR) is 298 cm³/mol. The molecule has 0 unspecified atom stereocenters. The molecule has 15 nitrogen and oxygen atoms in total. The lowest BCUT2D eigenvalue weighted by Gasteiger charge is -2.18. The highest BCUT2D eigenvalue weighted by molar-refractivity contribution is 5.18. The zero-order chi connectivity index (χ0) is 51.4. The molecule has 0 spiro atoms. The molecule has 5 aromatic rings. The van der Waals surface area contributed by atoms with Crippen molar-refractivity contribution in [1.29, 1.82) is 0 Å². The van der Waals surface area contributed by atoms with Crippen molar-refractivity contribution < 1.29 is 9.05 Å².